The number of carboxylic acid groups (broad SMARTS) is 2. The summed E-state index contributed by atoms with van der Waals surface area (Å²) in [6.45, 7) is 2.96. The molecule has 1 rings (SSSR count). The third-order valence-corrected chi connectivity index (χ3v) is 5.95. The van der Waals surface area contributed by atoms with Gasteiger partial charge in [0, 0.05) is 6.54 Å². The molecule has 13 heteroatoms. The van der Waals surface area contributed by atoms with Crippen LogP contribution in [0.1, 0.15) is 40.5 Å². The van der Waals surface area contributed by atoms with Crippen molar-refractivity contribution in [1.82, 2.24) is 4.90 Å². The van der Waals surface area contributed by atoms with Gasteiger partial charge in [0.1, 0.15) is 11.3 Å². The third kappa shape index (κ3) is 3.25. The third-order valence-electron chi connectivity index (χ3n) is 5.95. The lowest BCUT2D eigenvalue weighted by Crippen LogP contribution is -2.86. The summed E-state index contributed by atoms with van der Waals surface area (Å²) >= 11 is 0. The molecule has 1 heterocycles. The molecule has 1 fully saturated rings. The van der Waals surface area contributed by atoms with Gasteiger partial charge in [-0.15, -0.1) is 0 Å². The lowest BCUT2D eigenvalue weighted by molar-refractivity contribution is -0.463. The number of likely N-dealkylation sites (tertiary alicyclic amines) is 1. The van der Waals surface area contributed by atoms with Crippen LogP contribution in [0, 0.1) is 23.2 Å². The topological polar surface area (TPSA) is 118 Å². The molecule has 0 aliphatic carbocycles. The number of alkyl halides is 6. The van der Waals surface area contributed by atoms with Gasteiger partial charge in [-0.05, 0) is 24.7 Å². The predicted molar refractivity (Wildman–Crippen MR) is 88.8 cm³/mol. The van der Waals surface area contributed by atoms with Gasteiger partial charge in [0.05, 0.1) is 0 Å². The normalized spacial score (nSPS) is 36.2. The summed E-state index contributed by atoms with van der Waals surface area (Å²) in [4.78, 5) is 23.2. The molecular formula is C17H25F6NO6. The van der Waals surface area contributed by atoms with E-state index < -0.39 is 83.2 Å². The van der Waals surface area contributed by atoms with E-state index in [1.54, 1.807) is 0 Å². The minimum absolute atomic E-state index is 0.720. The van der Waals surface area contributed by atoms with Crippen LogP contribution in [0.2, 0.25) is 0 Å². The molecule has 0 aromatic heterocycles. The summed E-state index contributed by atoms with van der Waals surface area (Å²) in [6, 6.07) is 0. The number of rotatable bonds is 6. The van der Waals surface area contributed by atoms with Gasteiger partial charge in [0.25, 0.3) is 0 Å². The smallest absolute Gasteiger partial charge is 0.432 e. The summed E-state index contributed by atoms with van der Waals surface area (Å²) in [5.74, 6) is -10.8. The minimum atomic E-state index is -5.99. The van der Waals surface area contributed by atoms with Crippen LogP contribution in [0.4, 0.5) is 26.3 Å². The van der Waals surface area contributed by atoms with Crippen LogP contribution in [0.15, 0.2) is 0 Å². The number of carboxylic acids is 2. The first kappa shape index (κ1) is 26.4. The molecule has 0 radical (unpaired) electrons. The van der Waals surface area contributed by atoms with E-state index in [1.165, 1.54) is 13.8 Å². The number of halogens is 6. The zero-order valence-electron chi connectivity index (χ0n) is 16.7. The second-order valence-electron chi connectivity index (χ2n) is 7.82. The maximum absolute atomic E-state index is 14.2. The van der Waals surface area contributed by atoms with Crippen molar-refractivity contribution in [3.63, 3.8) is 0 Å². The van der Waals surface area contributed by atoms with Crippen molar-refractivity contribution in [2.24, 2.45) is 23.2 Å². The predicted octanol–water partition coefficient (Wildman–Crippen LogP) is 2.67. The number of aliphatic carboxylic acids is 2. The highest BCUT2D eigenvalue weighted by atomic mass is 19.4. The lowest BCUT2D eigenvalue weighted by atomic mass is 9.53. The average molecular weight is 453 g/mol. The van der Waals surface area contributed by atoms with Crippen molar-refractivity contribution in [2.75, 3.05) is 6.54 Å². The van der Waals surface area contributed by atoms with E-state index in [-0.39, 0.29) is 0 Å². The van der Waals surface area contributed by atoms with Crippen molar-refractivity contribution in [3.8, 4) is 0 Å². The number of carbonyl (C=O) groups is 2. The van der Waals surface area contributed by atoms with Gasteiger partial charge in [-0.25, -0.2) is 4.90 Å². The second kappa shape index (κ2) is 7.83. The Morgan fingerprint density at radius 2 is 1.47 bits per heavy atom. The summed E-state index contributed by atoms with van der Waals surface area (Å²) < 4.78 is 84.6. The number of nitrogens with zero attached hydrogens (tertiary/aromatic N) is 1. The average Bonchev–Trinajstić information content (AvgIpc) is 2.52. The fourth-order valence-electron chi connectivity index (χ4n) is 4.84. The Labute approximate surface area is 168 Å². The first-order valence-electron chi connectivity index (χ1n) is 9.14. The Bertz CT molecular complexity index is 683. The zero-order valence-corrected chi connectivity index (χ0v) is 16.7. The molecular weight excluding hydrogens is 428 g/mol. The Balaban J connectivity index is 4.30. The van der Waals surface area contributed by atoms with Crippen molar-refractivity contribution in [2.45, 2.75) is 64.3 Å². The molecule has 7 nitrogen and oxygen atoms in total. The molecule has 0 spiro atoms. The fourth-order valence-corrected chi connectivity index (χ4v) is 4.84. The Hall–Kier alpha value is -1.60. The van der Waals surface area contributed by atoms with Crippen LogP contribution in [0.5, 0.6) is 0 Å². The highest BCUT2D eigenvalue weighted by molar-refractivity contribution is 5.81. The van der Waals surface area contributed by atoms with Crippen LogP contribution < -0.4 is 0 Å². The summed E-state index contributed by atoms with van der Waals surface area (Å²) in [7, 11) is 0. The van der Waals surface area contributed by atoms with E-state index in [0.717, 1.165) is 13.8 Å². The highest BCUT2D eigenvalue weighted by Crippen LogP contribution is 2.64. The Morgan fingerprint density at radius 3 is 1.70 bits per heavy atom. The number of hydrogen-bond acceptors (Lipinski definition) is 5. The zero-order chi connectivity index (χ0) is 24.1. The molecule has 0 aromatic carbocycles. The van der Waals surface area contributed by atoms with Gasteiger partial charge in [-0.2, -0.15) is 26.3 Å². The van der Waals surface area contributed by atoms with Crippen molar-refractivity contribution in [1.29, 1.82) is 0 Å². The van der Waals surface area contributed by atoms with Crippen LogP contribution in [0.3, 0.4) is 0 Å². The van der Waals surface area contributed by atoms with Crippen molar-refractivity contribution < 1.29 is 56.4 Å². The summed E-state index contributed by atoms with van der Waals surface area (Å²) in [5.41, 5.74) is -12.8. The maximum atomic E-state index is 14.2. The molecule has 0 amide bonds. The molecule has 176 valence electrons. The molecule has 1 saturated heterocycles. The lowest BCUT2D eigenvalue weighted by Gasteiger charge is -2.64. The summed E-state index contributed by atoms with van der Waals surface area (Å²) in [6.07, 6.45) is -13.8. The van der Waals surface area contributed by atoms with Crippen molar-refractivity contribution in [3.05, 3.63) is 0 Å². The van der Waals surface area contributed by atoms with Gasteiger partial charge >= 0.3 is 24.3 Å². The summed E-state index contributed by atoms with van der Waals surface area (Å²) in [5, 5.41) is 40.7. The van der Waals surface area contributed by atoms with E-state index >= 15 is 0 Å². The standard InChI is InChI=1S/C17H25F6NO6/c1-5-13(12(27)28)9(7-8(3)4)10(11(25)26)14(29,16(18,19)20)24(6-2)15(13,30)17(21,22)23/h8-10,29-30H,5-7H2,1-4H3,(H,25,26)(H,27,28). The molecule has 1 aliphatic heterocycles. The first-order chi connectivity index (χ1) is 13.3. The van der Waals surface area contributed by atoms with Crippen LogP contribution >= 0.6 is 0 Å². The first-order valence-corrected chi connectivity index (χ1v) is 9.14. The number of aliphatic hydroxyl groups is 2. The maximum Gasteiger partial charge on any atom is 0.432 e. The molecule has 1 aliphatic rings. The van der Waals surface area contributed by atoms with E-state index in [9.17, 15) is 56.4 Å². The van der Waals surface area contributed by atoms with Gasteiger partial charge in [-0.1, -0.05) is 27.7 Å². The van der Waals surface area contributed by atoms with Crippen molar-refractivity contribution >= 4 is 11.9 Å². The van der Waals surface area contributed by atoms with Gasteiger partial charge < -0.3 is 20.4 Å². The second-order valence-corrected chi connectivity index (χ2v) is 7.82. The number of hydrogen-bond donors (Lipinski definition) is 4. The van der Waals surface area contributed by atoms with Crippen LogP contribution in [-0.2, 0) is 9.59 Å². The monoisotopic (exact) mass is 453 g/mol. The SMILES string of the molecule is CCN1C(O)(C(F)(F)F)C(C(=O)O)C(CC(C)C)C(CC)(C(=O)O)C1(O)C(F)(F)F. The van der Waals surface area contributed by atoms with Gasteiger partial charge in [-0.3, -0.25) is 9.59 Å². The number of piperidine rings is 1. The minimum Gasteiger partial charge on any atom is -0.481 e. The van der Waals surface area contributed by atoms with E-state index in [4.69, 9.17) is 0 Å². The van der Waals surface area contributed by atoms with E-state index in [0.29, 0.717) is 0 Å². The van der Waals surface area contributed by atoms with Gasteiger partial charge in [0.15, 0.2) is 0 Å². The molecule has 0 bridgehead atoms. The molecule has 5 atom stereocenters. The van der Waals surface area contributed by atoms with Crippen LogP contribution in [0.25, 0.3) is 0 Å². The quantitative estimate of drug-likeness (QED) is 0.457. The fraction of sp³-hybridized carbons (Fsp3) is 0.882. The van der Waals surface area contributed by atoms with E-state index in [2.05, 4.69) is 0 Å². The Kier molecular flexibility index (Phi) is 6.90. The molecule has 0 aromatic rings. The largest absolute Gasteiger partial charge is 0.481 e. The van der Waals surface area contributed by atoms with Gasteiger partial charge in [0.2, 0.25) is 11.4 Å². The molecule has 5 unspecified atom stereocenters. The molecule has 4 N–H and O–H groups in total. The molecule has 0 saturated carbocycles. The van der Waals surface area contributed by atoms with E-state index in [1.807, 2.05) is 0 Å². The highest BCUT2D eigenvalue weighted by Gasteiger charge is 2.86. The molecule has 30 heavy (non-hydrogen) atoms. The van der Waals surface area contributed by atoms with Crippen LogP contribution in [-0.4, -0.2) is 67.6 Å². The Morgan fingerprint density at radius 1 is 1.00 bits per heavy atom.